The molecule has 4 nitrogen and oxygen atoms in total. The summed E-state index contributed by atoms with van der Waals surface area (Å²) in [7, 11) is 0. The molecule has 1 aliphatic rings. The van der Waals surface area contributed by atoms with E-state index in [0.29, 0.717) is 25.2 Å². The van der Waals surface area contributed by atoms with Crippen LogP contribution in [0.2, 0.25) is 0 Å². The van der Waals surface area contributed by atoms with Gasteiger partial charge in [0.25, 0.3) is 0 Å². The number of aromatic nitrogens is 1. The Morgan fingerprint density at radius 3 is 3.09 bits per heavy atom. The van der Waals surface area contributed by atoms with Gasteiger partial charge in [-0.1, -0.05) is 6.07 Å². The van der Waals surface area contributed by atoms with Crippen molar-refractivity contribution in [2.45, 2.75) is 25.9 Å². The number of esters is 1. The molecule has 1 aromatic heterocycles. The minimum atomic E-state index is -0.226. The summed E-state index contributed by atoms with van der Waals surface area (Å²) < 4.78 is 11.7. The Morgan fingerprint density at radius 2 is 2.23 bits per heavy atom. The number of hydrogen-bond donors (Lipinski definition) is 0. The fraction of sp³-hybridized carbons (Fsp3) is 0.294. The minimum Gasteiger partial charge on any atom is -0.427 e. The van der Waals surface area contributed by atoms with Crippen molar-refractivity contribution in [2.75, 3.05) is 6.61 Å². The summed E-state index contributed by atoms with van der Waals surface area (Å²) >= 11 is 3.43. The second-order valence-corrected chi connectivity index (χ2v) is 6.03. The van der Waals surface area contributed by atoms with Crippen molar-refractivity contribution in [3.63, 3.8) is 0 Å². The molecule has 0 N–H and O–H groups in total. The van der Waals surface area contributed by atoms with Gasteiger partial charge in [-0.05, 0) is 63.7 Å². The van der Waals surface area contributed by atoms with E-state index in [4.69, 9.17) is 9.47 Å². The number of ether oxygens (including phenoxy) is 2. The molecule has 3 rings (SSSR count). The fourth-order valence-electron chi connectivity index (χ4n) is 2.43. The summed E-state index contributed by atoms with van der Waals surface area (Å²) in [6, 6.07) is 7.64. The highest BCUT2D eigenvalue weighted by molar-refractivity contribution is 9.10. The third-order valence-electron chi connectivity index (χ3n) is 3.64. The van der Waals surface area contributed by atoms with Crippen LogP contribution in [-0.2, 0) is 29.0 Å². The molecule has 0 saturated heterocycles. The van der Waals surface area contributed by atoms with E-state index in [9.17, 15) is 4.79 Å². The van der Waals surface area contributed by atoms with Crippen LogP contribution in [0, 0.1) is 0 Å². The van der Waals surface area contributed by atoms with Crippen molar-refractivity contribution in [2.24, 2.45) is 0 Å². The maximum Gasteiger partial charge on any atom is 0.311 e. The van der Waals surface area contributed by atoms with Gasteiger partial charge < -0.3 is 9.47 Å². The topological polar surface area (TPSA) is 48.4 Å². The first-order valence-corrected chi connectivity index (χ1v) is 8.00. The Bertz CT molecular complexity index is 687. The molecule has 0 amide bonds. The molecule has 0 saturated carbocycles. The van der Waals surface area contributed by atoms with E-state index in [2.05, 4.69) is 20.9 Å². The van der Waals surface area contributed by atoms with Gasteiger partial charge in [-0.2, -0.15) is 0 Å². The Morgan fingerprint density at radius 1 is 1.32 bits per heavy atom. The Kier molecular flexibility index (Phi) is 4.85. The number of benzene rings is 1. The smallest absolute Gasteiger partial charge is 0.311 e. The van der Waals surface area contributed by atoms with Crippen molar-refractivity contribution in [3.8, 4) is 5.75 Å². The summed E-state index contributed by atoms with van der Waals surface area (Å²) in [4.78, 5) is 16.0. The van der Waals surface area contributed by atoms with Crippen molar-refractivity contribution in [1.29, 1.82) is 0 Å². The van der Waals surface area contributed by atoms with E-state index in [1.54, 1.807) is 12.4 Å². The third-order valence-corrected chi connectivity index (χ3v) is 4.35. The van der Waals surface area contributed by atoms with Crippen LogP contribution in [0.25, 0.3) is 0 Å². The molecule has 0 atom stereocenters. The number of aryl methyl sites for hydroxylation is 1. The number of nitrogens with zero attached hydrogens (tertiary/aromatic N) is 1. The quantitative estimate of drug-likeness (QED) is 0.618. The van der Waals surface area contributed by atoms with E-state index in [-0.39, 0.29) is 5.97 Å². The molecule has 0 spiro atoms. The first kappa shape index (κ1) is 15.2. The van der Waals surface area contributed by atoms with Gasteiger partial charge in [-0.25, -0.2) is 0 Å². The lowest BCUT2D eigenvalue weighted by molar-refractivity contribution is -0.134. The Balaban J connectivity index is 1.59. The Labute approximate surface area is 137 Å². The summed E-state index contributed by atoms with van der Waals surface area (Å²) in [5.74, 6) is 0.384. The number of rotatable bonds is 4. The van der Waals surface area contributed by atoms with E-state index >= 15 is 0 Å². The van der Waals surface area contributed by atoms with Crippen molar-refractivity contribution < 1.29 is 14.3 Å². The molecule has 2 heterocycles. The van der Waals surface area contributed by atoms with Gasteiger partial charge in [0.05, 0.1) is 19.6 Å². The zero-order valence-electron chi connectivity index (χ0n) is 12.0. The SMILES string of the molecule is O=C(CCc1ccncc1Br)Oc1ccc2c(c1)CCOC2. The summed E-state index contributed by atoms with van der Waals surface area (Å²) in [6.45, 7) is 1.36. The standard InChI is InChI=1S/C17H16BrNO3/c18-16-10-19-7-5-12(16)2-4-17(20)22-15-3-1-14-11-21-8-6-13(14)9-15/h1,3,5,7,9-10H,2,4,6,8,11H2. The van der Waals surface area contributed by atoms with Crippen molar-refractivity contribution >= 4 is 21.9 Å². The molecule has 0 bridgehead atoms. The van der Waals surface area contributed by atoms with Crippen LogP contribution in [0.5, 0.6) is 5.75 Å². The van der Waals surface area contributed by atoms with Gasteiger partial charge in [-0.3, -0.25) is 9.78 Å². The van der Waals surface area contributed by atoms with E-state index < -0.39 is 0 Å². The number of carbonyl (C=O) groups excluding carboxylic acids is 1. The highest BCUT2D eigenvalue weighted by atomic mass is 79.9. The second kappa shape index (κ2) is 7.03. The molecule has 0 unspecified atom stereocenters. The molecule has 0 aliphatic carbocycles. The zero-order chi connectivity index (χ0) is 15.4. The van der Waals surface area contributed by atoms with Crippen molar-refractivity contribution in [1.82, 2.24) is 4.98 Å². The maximum absolute atomic E-state index is 12.0. The van der Waals surface area contributed by atoms with Crippen LogP contribution in [0.15, 0.2) is 41.1 Å². The first-order chi connectivity index (χ1) is 10.7. The lowest BCUT2D eigenvalue weighted by atomic mass is 10.0. The number of carbonyl (C=O) groups is 1. The second-order valence-electron chi connectivity index (χ2n) is 5.17. The molecule has 1 aromatic carbocycles. The molecule has 0 radical (unpaired) electrons. The van der Waals surface area contributed by atoms with Crippen LogP contribution in [0.4, 0.5) is 0 Å². The maximum atomic E-state index is 12.0. The summed E-state index contributed by atoms with van der Waals surface area (Å²) in [5, 5.41) is 0. The van der Waals surface area contributed by atoms with Crippen LogP contribution in [0.1, 0.15) is 23.1 Å². The third kappa shape index (κ3) is 3.72. The van der Waals surface area contributed by atoms with Gasteiger partial charge in [0.1, 0.15) is 5.75 Å². The molecule has 114 valence electrons. The molecule has 2 aromatic rings. The average Bonchev–Trinajstić information content (AvgIpc) is 2.54. The van der Waals surface area contributed by atoms with Gasteiger partial charge >= 0.3 is 5.97 Å². The largest absolute Gasteiger partial charge is 0.427 e. The van der Waals surface area contributed by atoms with E-state index in [1.165, 1.54) is 11.1 Å². The number of fused-ring (bicyclic) bond motifs is 1. The Hall–Kier alpha value is -1.72. The number of halogens is 1. The molecular weight excluding hydrogens is 346 g/mol. The average molecular weight is 362 g/mol. The van der Waals surface area contributed by atoms with Crippen LogP contribution in [-0.4, -0.2) is 17.6 Å². The fourth-order valence-corrected chi connectivity index (χ4v) is 2.88. The van der Waals surface area contributed by atoms with Crippen LogP contribution in [0.3, 0.4) is 0 Å². The summed E-state index contributed by atoms with van der Waals surface area (Å²) in [5.41, 5.74) is 3.43. The normalized spacial score (nSPS) is 13.5. The van der Waals surface area contributed by atoms with Crippen LogP contribution >= 0.6 is 15.9 Å². The lowest BCUT2D eigenvalue weighted by Crippen LogP contribution is -2.12. The molecular formula is C17H16BrNO3. The van der Waals surface area contributed by atoms with Crippen molar-refractivity contribution in [3.05, 3.63) is 57.8 Å². The monoisotopic (exact) mass is 361 g/mol. The molecule has 5 heteroatoms. The minimum absolute atomic E-state index is 0.226. The molecule has 1 aliphatic heterocycles. The van der Waals surface area contributed by atoms with Gasteiger partial charge in [-0.15, -0.1) is 0 Å². The highest BCUT2D eigenvalue weighted by Crippen LogP contribution is 2.23. The summed E-state index contributed by atoms with van der Waals surface area (Å²) in [6.07, 6.45) is 5.28. The molecule has 0 fully saturated rings. The van der Waals surface area contributed by atoms with E-state index in [1.807, 2.05) is 24.3 Å². The highest BCUT2D eigenvalue weighted by Gasteiger charge is 2.12. The van der Waals surface area contributed by atoms with Crippen LogP contribution < -0.4 is 4.74 Å². The lowest BCUT2D eigenvalue weighted by Gasteiger charge is -2.17. The predicted molar refractivity (Wildman–Crippen MR) is 85.7 cm³/mol. The number of hydrogen-bond acceptors (Lipinski definition) is 4. The van der Waals surface area contributed by atoms with Gasteiger partial charge in [0.2, 0.25) is 0 Å². The first-order valence-electron chi connectivity index (χ1n) is 7.21. The number of pyridine rings is 1. The van der Waals surface area contributed by atoms with Gasteiger partial charge in [0.15, 0.2) is 0 Å². The van der Waals surface area contributed by atoms with E-state index in [0.717, 1.165) is 23.1 Å². The van der Waals surface area contributed by atoms with Gasteiger partial charge in [0, 0.05) is 16.9 Å². The predicted octanol–water partition coefficient (Wildman–Crippen LogP) is 3.46. The zero-order valence-corrected chi connectivity index (χ0v) is 13.6. The molecule has 22 heavy (non-hydrogen) atoms.